The molecule has 1 fully saturated rings. The summed E-state index contributed by atoms with van der Waals surface area (Å²) in [6.45, 7) is 1.80. The number of benzene rings is 1. The van der Waals surface area contributed by atoms with E-state index in [4.69, 9.17) is 14.2 Å². The number of ether oxygens (including phenoxy) is 3. The van der Waals surface area contributed by atoms with E-state index in [2.05, 4.69) is 5.43 Å². The smallest absolute Gasteiger partial charge is 0.258 e. The standard InChI is InChI=1S/C17H24N2O4/c1-21-14-12-16(23-3)15(22-2)11-13(14)7-8-17(20)18-19-9-5-4-6-10-19/h7-8,11-12H,4-6,9-10H2,1-3H3,(H,18,20)/b8-7+. The number of hydrogen-bond donors (Lipinski definition) is 1. The first-order valence-corrected chi connectivity index (χ1v) is 7.71. The lowest BCUT2D eigenvalue weighted by molar-refractivity contribution is -0.121. The van der Waals surface area contributed by atoms with Crippen molar-refractivity contribution in [2.75, 3.05) is 34.4 Å². The lowest BCUT2D eigenvalue weighted by Gasteiger charge is -2.26. The van der Waals surface area contributed by atoms with E-state index in [0.29, 0.717) is 17.2 Å². The lowest BCUT2D eigenvalue weighted by Crippen LogP contribution is -2.44. The third-order valence-corrected chi connectivity index (χ3v) is 3.77. The maximum atomic E-state index is 12.0. The molecule has 6 nitrogen and oxygen atoms in total. The van der Waals surface area contributed by atoms with Crippen molar-refractivity contribution in [2.24, 2.45) is 0 Å². The van der Waals surface area contributed by atoms with Crippen LogP contribution in [0.1, 0.15) is 24.8 Å². The predicted octanol–water partition coefficient (Wildman–Crippen LogP) is 2.24. The molecule has 2 rings (SSSR count). The minimum Gasteiger partial charge on any atom is -0.496 e. The number of nitrogens with zero attached hydrogens (tertiary/aromatic N) is 1. The van der Waals surface area contributed by atoms with Gasteiger partial charge in [-0.05, 0) is 25.0 Å². The maximum absolute atomic E-state index is 12.0. The zero-order valence-corrected chi connectivity index (χ0v) is 13.9. The number of hydrogen-bond acceptors (Lipinski definition) is 5. The number of methoxy groups -OCH3 is 3. The summed E-state index contributed by atoms with van der Waals surface area (Å²) < 4.78 is 15.9. The van der Waals surface area contributed by atoms with Crippen molar-refractivity contribution < 1.29 is 19.0 Å². The molecule has 0 saturated carbocycles. The molecular weight excluding hydrogens is 296 g/mol. The van der Waals surface area contributed by atoms with E-state index in [1.54, 1.807) is 39.5 Å². The van der Waals surface area contributed by atoms with E-state index in [0.717, 1.165) is 31.5 Å². The number of rotatable bonds is 6. The number of piperidine rings is 1. The Morgan fingerprint density at radius 1 is 1.00 bits per heavy atom. The molecule has 0 bridgehead atoms. The molecular formula is C17H24N2O4. The van der Waals surface area contributed by atoms with Crippen molar-refractivity contribution in [3.05, 3.63) is 23.8 Å². The minimum atomic E-state index is -0.149. The average molecular weight is 320 g/mol. The molecule has 1 heterocycles. The molecule has 1 aromatic carbocycles. The van der Waals surface area contributed by atoms with Gasteiger partial charge in [0.25, 0.3) is 5.91 Å². The van der Waals surface area contributed by atoms with Gasteiger partial charge in [-0.1, -0.05) is 6.42 Å². The van der Waals surface area contributed by atoms with Gasteiger partial charge in [0, 0.05) is 30.8 Å². The van der Waals surface area contributed by atoms with Crippen LogP contribution < -0.4 is 19.6 Å². The summed E-state index contributed by atoms with van der Waals surface area (Å²) >= 11 is 0. The van der Waals surface area contributed by atoms with Crippen LogP contribution in [0.15, 0.2) is 18.2 Å². The van der Waals surface area contributed by atoms with Gasteiger partial charge in [0.05, 0.1) is 21.3 Å². The van der Waals surface area contributed by atoms with Gasteiger partial charge in [0.2, 0.25) is 0 Å². The van der Waals surface area contributed by atoms with E-state index < -0.39 is 0 Å². The van der Waals surface area contributed by atoms with E-state index in [1.807, 2.05) is 5.01 Å². The Kier molecular flexibility index (Phi) is 6.29. The summed E-state index contributed by atoms with van der Waals surface area (Å²) in [5.74, 6) is 1.64. The molecule has 0 radical (unpaired) electrons. The fraction of sp³-hybridized carbons (Fsp3) is 0.471. The quantitative estimate of drug-likeness (QED) is 0.815. The van der Waals surface area contributed by atoms with Crippen LogP contribution in [0.4, 0.5) is 0 Å². The number of nitrogens with one attached hydrogen (secondary N) is 1. The van der Waals surface area contributed by atoms with Crippen LogP contribution in [-0.2, 0) is 4.79 Å². The van der Waals surface area contributed by atoms with Gasteiger partial charge in [0.15, 0.2) is 11.5 Å². The molecule has 126 valence electrons. The molecule has 0 atom stereocenters. The van der Waals surface area contributed by atoms with Gasteiger partial charge in [-0.15, -0.1) is 0 Å². The molecule has 0 spiro atoms. The highest BCUT2D eigenvalue weighted by Gasteiger charge is 2.12. The van der Waals surface area contributed by atoms with Gasteiger partial charge >= 0.3 is 0 Å². The Bertz CT molecular complexity index is 566. The fourth-order valence-electron chi connectivity index (χ4n) is 2.55. The molecule has 0 aromatic heterocycles. The van der Waals surface area contributed by atoms with Crippen LogP contribution in [0.2, 0.25) is 0 Å². The Labute approximate surface area is 137 Å². The third kappa shape index (κ3) is 4.63. The van der Waals surface area contributed by atoms with Crippen molar-refractivity contribution in [2.45, 2.75) is 19.3 Å². The van der Waals surface area contributed by atoms with Gasteiger partial charge in [-0.3, -0.25) is 10.2 Å². The second-order valence-corrected chi connectivity index (χ2v) is 5.31. The van der Waals surface area contributed by atoms with Crippen LogP contribution in [0, 0.1) is 0 Å². The predicted molar refractivity (Wildman–Crippen MR) is 88.7 cm³/mol. The summed E-state index contributed by atoms with van der Waals surface area (Å²) in [7, 11) is 4.71. The second kappa shape index (κ2) is 8.43. The van der Waals surface area contributed by atoms with Crippen LogP contribution in [-0.4, -0.2) is 45.3 Å². The Hall–Kier alpha value is -2.21. The van der Waals surface area contributed by atoms with Crippen LogP contribution in [0.5, 0.6) is 17.2 Å². The van der Waals surface area contributed by atoms with Crippen LogP contribution in [0.25, 0.3) is 6.08 Å². The SMILES string of the molecule is COc1cc(OC)c(OC)cc1/C=C/C(=O)NN1CCCCC1. The molecule has 1 aliphatic rings. The highest BCUT2D eigenvalue weighted by molar-refractivity contribution is 5.92. The fourth-order valence-corrected chi connectivity index (χ4v) is 2.55. The van der Waals surface area contributed by atoms with Gasteiger partial charge in [-0.2, -0.15) is 0 Å². The molecule has 1 aliphatic heterocycles. The molecule has 1 saturated heterocycles. The summed E-state index contributed by atoms with van der Waals surface area (Å²) in [5, 5.41) is 1.96. The Balaban J connectivity index is 2.09. The molecule has 23 heavy (non-hydrogen) atoms. The van der Waals surface area contributed by atoms with Crippen molar-refractivity contribution in [1.82, 2.24) is 10.4 Å². The van der Waals surface area contributed by atoms with Crippen LogP contribution >= 0.6 is 0 Å². The molecule has 0 aliphatic carbocycles. The van der Waals surface area contributed by atoms with Crippen molar-refractivity contribution >= 4 is 12.0 Å². The molecule has 0 unspecified atom stereocenters. The summed E-state index contributed by atoms with van der Waals surface area (Å²) in [5.41, 5.74) is 3.64. The molecule has 6 heteroatoms. The summed E-state index contributed by atoms with van der Waals surface area (Å²) in [4.78, 5) is 12.0. The second-order valence-electron chi connectivity index (χ2n) is 5.31. The van der Waals surface area contributed by atoms with Gasteiger partial charge in [0.1, 0.15) is 5.75 Å². The number of amides is 1. The normalized spacial score (nSPS) is 15.4. The van der Waals surface area contributed by atoms with Crippen molar-refractivity contribution in [3.63, 3.8) is 0 Å². The molecule has 1 N–H and O–H groups in total. The average Bonchev–Trinajstić information content (AvgIpc) is 2.59. The van der Waals surface area contributed by atoms with E-state index in [-0.39, 0.29) is 5.91 Å². The number of carbonyl (C=O) groups is 1. The van der Waals surface area contributed by atoms with Crippen molar-refractivity contribution in [3.8, 4) is 17.2 Å². The highest BCUT2D eigenvalue weighted by atomic mass is 16.5. The first kappa shape index (κ1) is 17.1. The Morgan fingerprint density at radius 2 is 1.61 bits per heavy atom. The van der Waals surface area contributed by atoms with E-state index >= 15 is 0 Å². The molecule has 1 aromatic rings. The lowest BCUT2D eigenvalue weighted by atomic mass is 10.1. The van der Waals surface area contributed by atoms with Crippen molar-refractivity contribution in [1.29, 1.82) is 0 Å². The zero-order valence-electron chi connectivity index (χ0n) is 13.9. The van der Waals surface area contributed by atoms with Gasteiger partial charge in [-0.25, -0.2) is 5.01 Å². The number of carbonyl (C=O) groups excluding carboxylic acids is 1. The first-order valence-electron chi connectivity index (χ1n) is 7.71. The Morgan fingerprint density at radius 3 is 2.22 bits per heavy atom. The maximum Gasteiger partial charge on any atom is 0.258 e. The third-order valence-electron chi connectivity index (χ3n) is 3.77. The summed E-state index contributed by atoms with van der Waals surface area (Å²) in [6.07, 6.45) is 6.67. The first-order chi connectivity index (χ1) is 11.2. The largest absolute Gasteiger partial charge is 0.496 e. The zero-order chi connectivity index (χ0) is 16.7. The monoisotopic (exact) mass is 320 g/mol. The molecule has 1 amide bonds. The highest BCUT2D eigenvalue weighted by Crippen LogP contribution is 2.35. The van der Waals surface area contributed by atoms with Gasteiger partial charge < -0.3 is 14.2 Å². The summed E-state index contributed by atoms with van der Waals surface area (Å²) in [6, 6.07) is 3.52. The topological polar surface area (TPSA) is 60.0 Å². The van der Waals surface area contributed by atoms with Crippen LogP contribution in [0.3, 0.4) is 0 Å². The van der Waals surface area contributed by atoms with E-state index in [1.165, 1.54) is 12.5 Å². The minimum absolute atomic E-state index is 0.149. The number of hydrazine groups is 1. The van der Waals surface area contributed by atoms with E-state index in [9.17, 15) is 4.79 Å².